The van der Waals surface area contributed by atoms with E-state index in [0.29, 0.717) is 6.61 Å². The molecule has 2 aromatic rings. The van der Waals surface area contributed by atoms with Gasteiger partial charge < -0.3 is 18.9 Å². The topological polar surface area (TPSA) is 36.9 Å². The molecular formula is C20H20O4. The molecular weight excluding hydrogens is 304 g/mol. The number of rotatable bonds is 4. The average molecular weight is 324 g/mol. The lowest BCUT2D eigenvalue weighted by Gasteiger charge is -2.30. The monoisotopic (exact) mass is 324 g/mol. The molecule has 24 heavy (non-hydrogen) atoms. The molecule has 124 valence electrons. The summed E-state index contributed by atoms with van der Waals surface area (Å²) in [7, 11) is 0. The maximum absolute atomic E-state index is 5.99. The van der Waals surface area contributed by atoms with Crippen molar-refractivity contribution in [2.24, 2.45) is 0 Å². The average Bonchev–Trinajstić information content (AvgIpc) is 3.06. The summed E-state index contributed by atoms with van der Waals surface area (Å²) in [6.07, 6.45) is 4.90. The van der Waals surface area contributed by atoms with Crippen LogP contribution in [0.3, 0.4) is 0 Å². The van der Waals surface area contributed by atoms with E-state index in [1.165, 1.54) is 5.56 Å². The van der Waals surface area contributed by atoms with Crippen LogP contribution in [0, 0.1) is 0 Å². The quantitative estimate of drug-likeness (QED) is 0.837. The Morgan fingerprint density at radius 3 is 2.67 bits per heavy atom. The van der Waals surface area contributed by atoms with Gasteiger partial charge in [-0.2, -0.15) is 0 Å². The zero-order valence-electron chi connectivity index (χ0n) is 13.6. The number of hydrogen-bond donors (Lipinski definition) is 0. The normalized spacial score (nSPS) is 21.5. The van der Waals surface area contributed by atoms with Gasteiger partial charge >= 0.3 is 0 Å². The van der Waals surface area contributed by atoms with Gasteiger partial charge in [-0.3, -0.25) is 0 Å². The van der Waals surface area contributed by atoms with Crippen LogP contribution in [0.25, 0.3) is 6.08 Å². The largest absolute Gasteiger partial charge is 0.464 e. The Hall–Kier alpha value is -2.46. The fourth-order valence-corrected chi connectivity index (χ4v) is 3.12. The van der Waals surface area contributed by atoms with E-state index in [-0.39, 0.29) is 19.0 Å². The van der Waals surface area contributed by atoms with Gasteiger partial charge in [-0.1, -0.05) is 42.5 Å². The van der Waals surface area contributed by atoms with Gasteiger partial charge in [-0.15, -0.1) is 0 Å². The molecule has 2 heterocycles. The summed E-state index contributed by atoms with van der Waals surface area (Å²) in [6, 6.07) is 14.2. The third-order valence-electron chi connectivity index (χ3n) is 4.28. The van der Waals surface area contributed by atoms with Crippen molar-refractivity contribution in [3.8, 4) is 17.2 Å². The number of fused-ring (bicyclic) bond motifs is 2. The standard InChI is InChI=1S/C20H20O4/c1-2-21-20-10-15(9-8-14-6-4-3-5-7-14)16-11-18-19(23-13-22-18)12-17(16)24-20/h3-9,11-12,15,20H,2,10,13H2,1H3/b9-8-. The van der Waals surface area contributed by atoms with E-state index in [0.717, 1.165) is 29.2 Å². The van der Waals surface area contributed by atoms with Crippen LogP contribution in [0.1, 0.15) is 30.4 Å². The van der Waals surface area contributed by atoms with Crippen molar-refractivity contribution in [3.63, 3.8) is 0 Å². The molecule has 0 aliphatic carbocycles. The Labute approximate surface area is 141 Å². The minimum absolute atomic E-state index is 0.208. The summed E-state index contributed by atoms with van der Waals surface area (Å²) in [4.78, 5) is 0. The van der Waals surface area contributed by atoms with Gasteiger partial charge in [-0.25, -0.2) is 0 Å². The van der Waals surface area contributed by atoms with E-state index in [2.05, 4.69) is 24.3 Å². The highest BCUT2D eigenvalue weighted by Gasteiger charge is 2.30. The van der Waals surface area contributed by atoms with Gasteiger partial charge in [-0.05, 0) is 18.6 Å². The third-order valence-corrected chi connectivity index (χ3v) is 4.28. The van der Waals surface area contributed by atoms with Crippen molar-refractivity contribution in [3.05, 3.63) is 59.7 Å². The van der Waals surface area contributed by atoms with Crippen LogP contribution in [0.15, 0.2) is 48.5 Å². The summed E-state index contributed by atoms with van der Waals surface area (Å²) in [5.74, 6) is 2.54. The molecule has 0 radical (unpaired) electrons. The van der Waals surface area contributed by atoms with Crippen molar-refractivity contribution in [2.45, 2.75) is 25.6 Å². The van der Waals surface area contributed by atoms with Gasteiger partial charge in [0.05, 0.1) is 0 Å². The Morgan fingerprint density at radius 1 is 1.08 bits per heavy atom. The van der Waals surface area contributed by atoms with Gasteiger partial charge in [0.15, 0.2) is 11.5 Å². The highest BCUT2D eigenvalue weighted by atomic mass is 16.7. The molecule has 0 fully saturated rings. The maximum atomic E-state index is 5.99. The number of allylic oxidation sites excluding steroid dienone is 1. The predicted octanol–water partition coefficient (Wildman–Crippen LogP) is 4.36. The summed E-state index contributed by atoms with van der Waals surface area (Å²) < 4.78 is 22.7. The molecule has 0 aromatic heterocycles. The first kappa shape index (κ1) is 15.1. The van der Waals surface area contributed by atoms with Crippen molar-refractivity contribution in [1.29, 1.82) is 0 Å². The van der Waals surface area contributed by atoms with E-state index in [1.54, 1.807) is 0 Å². The van der Waals surface area contributed by atoms with Crippen molar-refractivity contribution in [1.82, 2.24) is 0 Å². The molecule has 0 saturated carbocycles. The zero-order chi connectivity index (χ0) is 16.4. The molecule has 0 saturated heterocycles. The second kappa shape index (κ2) is 6.57. The van der Waals surface area contributed by atoms with Crippen LogP contribution in [-0.4, -0.2) is 19.7 Å². The van der Waals surface area contributed by atoms with Crippen LogP contribution >= 0.6 is 0 Å². The molecule has 2 aliphatic rings. The van der Waals surface area contributed by atoms with Crippen LogP contribution in [-0.2, 0) is 4.74 Å². The molecule has 2 aliphatic heterocycles. The zero-order valence-corrected chi connectivity index (χ0v) is 13.6. The van der Waals surface area contributed by atoms with E-state index in [4.69, 9.17) is 18.9 Å². The van der Waals surface area contributed by atoms with Crippen LogP contribution in [0.4, 0.5) is 0 Å². The Morgan fingerprint density at radius 2 is 1.88 bits per heavy atom. The van der Waals surface area contributed by atoms with Gasteiger partial charge in [0.1, 0.15) is 5.75 Å². The van der Waals surface area contributed by atoms with Crippen LogP contribution < -0.4 is 14.2 Å². The Kier molecular flexibility index (Phi) is 4.13. The predicted molar refractivity (Wildman–Crippen MR) is 91.4 cm³/mol. The van der Waals surface area contributed by atoms with Crippen LogP contribution in [0.2, 0.25) is 0 Å². The summed E-state index contributed by atoms with van der Waals surface area (Å²) in [5.41, 5.74) is 2.29. The van der Waals surface area contributed by atoms with Gasteiger partial charge in [0, 0.05) is 30.6 Å². The number of benzene rings is 2. The third kappa shape index (κ3) is 2.97. The van der Waals surface area contributed by atoms with E-state index in [9.17, 15) is 0 Å². The molecule has 0 spiro atoms. The molecule has 4 rings (SSSR count). The first-order valence-corrected chi connectivity index (χ1v) is 8.28. The van der Waals surface area contributed by atoms with E-state index in [1.807, 2.05) is 37.3 Å². The minimum atomic E-state index is -0.242. The second-order valence-corrected chi connectivity index (χ2v) is 5.86. The fraction of sp³-hybridized carbons (Fsp3) is 0.300. The molecule has 4 heteroatoms. The molecule has 2 unspecified atom stereocenters. The first-order chi connectivity index (χ1) is 11.8. The Bertz CT molecular complexity index is 739. The molecule has 0 bridgehead atoms. The van der Waals surface area contributed by atoms with Gasteiger partial charge in [0.2, 0.25) is 13.1 Å². The fourth-order valence-electron chi connectivity index (χ4n) is 3.12. The van der Waals surface area contributed by atoms with Crippen LogP contribution in [0.5, 0.6) is 17.2 Å². The maximum Gasteiger partial charge on any atom is 0.231 e. The first-order valence-electron chi connectivity index (χ1n) is 8.28. The highest BCUT2D eigenvalue weighted by Crippen LogP contribution is 2.45. The lowest BCUT2D eigenvalue weighted by atomic mass is 9.91. The highest BCUT2D eigenvalue weighted by molar-refractivity contribution is 5.57. The molecule has 2 atom stereocenters. The van der Waals surface area contributed by atoms with Gasteiger partial charge in [0.25, 0.3) is 0 Å². The minimum Gasteiger partial charge on any atom is -0.464 e. The lowest BCUT2D eigenvalue weighted by Crippen LogP contribution is -2.27. The summed E-state index contributed by atoms with van der Waals surface area (Å²) >= 11 is 0. The van der Waals surface area contributed by atoms with Crippen molar-refractivity contribution < 1.29 is 18.9 Å². The molecule has 0 amide bonds. The van der Waals surface area contributed by atoms with E-state index >= 15 is 0 Å². The smallest absolute Gasteiger partial charge is 0.231 e. The van der Waals surface area contributed by atoms with E-state index < -0.39 is 0 Å². The molecule has 0 N–H and O–H groups in total. The summed E-state index contributed by atoms with van der Waals surface area (Å²) in [5, 5.41) is 0. The van der Waals surface area contributed by atoms with Crippen molar-refractivity contribution >= 4 is 6.08 Å². The Balaban J connectivity index is 1.66. The number of hydrogen-bond acceptors (Lipinski definition) is 4. The summed E-state index contributed by atoms with van der Waals surface area (Å²) in [6.45, 7) is 2.87. The molecule has 4 nitrogen and oxygen atoms in total. The second-order valence-electron chi connectivity index (χ2n) is 5.86. The SMILES string of the molecule is CCOC1CC(/C=C\c2ccccc2)c2cc3c(cc2O1)OCO3. The lowest BCUT2D eigenvalue weighted by molar-refractivity contribution is -0.0889. The van der Waals surface area contributed by atoms with Crippen molar-refractivity contribution in [2.75, 3.05) is 13.4 Å². The number of ether oxygens (including phenoxy) is 4. The molecule has 2 aromatic carbocycles.